The van der Waals surface area contributed by atoms with Crippen molar-refractivity contribution in [2.45, 2.75) is 20.3 Å². The predicted molar refractivity (Wildman–Crippen MR) is 131 cm³/mol. The fraction of sp³-hybridized carbons (Fsp3) is 0.125. The number of nitrogens with zero attached hydrogens (tertiary/aromatic N) is 7. The van der Waals surface area contributed by atoms with Crippen molar-refractivity contribution in [3.8, 4) is 28.5 Å². The van der Waals surface area contributed by atoms with E-state index < -0.39 is 0 Å². The van der Waals surface area contributed by atoms with Gasteiger partial charge in [-0.3, -0.25) is 19.9 Å². The van der Waals surface area contributed by atoms with Crippen molar-refractivity contribution in [3.63, 3.8) is 0 Å². The average molecular weight is 464 g/mol. The van der Waals surface area contributed by atoms with Crippen LogP contribution in [-0.4, -0.2) is 50.6 Å². The van der Waals surface area contributed by atoms with Gasteiger partial charge < -0.3 is 14.9 Å². The van der Waals surface area contributed by atoms with Gasteiger partial charge in [0.05, 0.1) is 47.0 Å². The Bertz CT molecular complexity index is 1710. The number of aromatic amines is 2. The van der Waals surface area contributed by atoms with Crippen LogP contribution in [0.4, 0.5) is 5.69 Å². The van der Waals surface area contributed by atoms with Gasteiger partial charge in [-0.25, -0.2) is 15.0 Å². The summed E-state index contributed by atoms with van der Waals surface area (Å²) in [5, 5.41) is 11.2. The molecule has 6 heterocycles. The highest BCUT2D eigenvalue weighted by Crippen LogP contribution is 2.30. The molecule has 172 valence electrons. The molecule has 0 atom stereocenters. The minimum Gasteiger partial charge on any atom is -0.333 e. The number of anilines is 1. The van der Waals surface area contributed by atoms with Gasteiger partial charge in [-0.05, 0) is 25.1 Å². The minimum atomic E-state index is -0.0757. The van der Waals surface area contributed by atoms with Crippen LogP contribution in [0.1, 0.15) is 19.0 Å². The second-order valence-electron chi connectivity index (χ2n) is 8.09. The predicted octanol–water partition coefficient (Wildman–Crippen LogP) is 3.80. The average Bonchev–Trinajstić information content (AvgIpc) is 3.61. The van der Waals surface area contributed by atoms with Gasteiger partial charge in [0.1, 0.15) is 11.2 Å². The number of imidazole rings is 2. The van der Waals surface area contributed by atoms with Crippen LogP contribution in [-0.2, 0) is 4.79 Å². The Hall–Kier alpha value is -4.93. The molecule has 0 aliphatic heterocycles. The van der Waals surface area contributed by atoms with Crippen LogP contribution in [0.3, 0.4) is 0 Å². The van der Waals surface area contributed by atoms with Crippen LogP contribution in [0.15, 0.2) is 55.5 Å². The molecule has 0 saturated carbocycles. The lowest BCUT2D eigenvalue weighted by Gasteiger charge is -2.06. The summed E-state index contributed by atoms with van der Waals surface area (Å²) in [7, 11) is 0. The number of carbonyl (C=O) groups excluding carboxylic acids is 1. The molecule has 0 unspecified atom stereocenters. The molecule has 0 saturated heterocycles. The number of carbonyl (C=O) groups is 1. The highest BCUT2D eigenvalue weighted by atomic mass is 16.1. The van der Waals surface area contributed by atoms with Crippen molar-refractivity contribution >= 4 is 33.7 Å². The molecule has 6 aromatic rings. The number of hydrogen-bond donors (Lipinski definition) is 3. The Balaban J connectivity index is 1.43. The lowest BCUT2D eigenvalue weighted by atomic mass is 10.1. The number of H-pyrrole nitrogens is 2. The standard InChI is InChI=1S/C24H20N10O/c1-3-20(35)29-15-6-14(8-25-9-15)17-7-16-18(10-27-17)32-33-21(16)24-30-22-19(4-5-26-23(22)31-24)34-11-13(2)28-12-34/h4-12H,3H2,1-2H3,(H,29,35)(H,32,33)(H,26,30,31). The molecule has 35 heavy (non-hydrogen) atoms. The number of pyridine rings is 3. The summed E-state index contributed by atoms with van der Waals surface area (Å²) in [5.41, 5.74) is 6.69. The molecule has 0 fully saturated rings. The van der Waals surface area contributed by atoms with Crippen LogP contribution < -0.4 is 5.32 Å². The molecule has 1 amide bonds. The monoisotopic (exact) mass is 464 g/mol. The van der Waals surface area contributed by atoms with E-state index in [-0.39, 0.29) is 5.91 Å². The SMILES string of the molecule is CCC(=O)Nc1cncc(-c2cc3c(-c4nc5nccc(-n6cnc(C)c6)c5[nH]4)n[nH]c3cn2)c1. The molecular formula is C24H20N10O. The van der Waals surface area contributed by atoms with Gasteiger partial charge in [-0.15, -0.1) is 0 Å². The van der Waals surface area contributed by atoms with Crippen LogP contribution in [0.25, 0.3) is 50.5 Å². The maximum Gasteiger partial charge on any atom is 0.224 e. The Labute approximate surface area is 198 Å². The molecule has 11 nitrogen and oxygen atoms in total. The summed E-state index contributed by atoms with van der Waals surface area (Å²) >= 11 is 0. The summed E-state index contributed by atoms with van der Waals surface area (Å²) in [6.07, 6.45) is 10.9. The van der Waals surface area contributed by atoms with Crippen molar-refractivity contribution in [3.05, 3.63) is 61.2 Å². The van der Waals surface area contributed by atoms with Gasteiger partial charge >= 0.3 is 0 Å². The third kappa shape index (κ3) is 3.68. The van der Waals surface area contributed by atoms with Crippen LogP contribution in [0.5, 0.6) is 0 Å². The highest BCUT2D eigenvalue weighted by Gasteiger charge is 2.17. The van der Waals surface area contributed by atoms with E-state index in [0.29, 0.717) is 35.0 Å². The third-order valence-electron chi connectivity index (χ3n) is 5.67. The van der Waals surface area contributed by atoms with Gasteiger partial charge in [-0.2, -0.15) is 5.10 Å². The van der Waals surface area contributed by atoms with E-state index in [1.807, 2.05) is 35.9 Å². The van der Waals surface area contributed by atoms with E-state index in [1.54, 1.807) is 38.0 Å². The lowest BCUT2D eigenvalue weighted by Crippen LogP contribution is -2.09. The van der Waals surface area contributed by atoms with Crippen molar-refractivity contribution in [2.24, 2.45) is 0 Å². The fourth-order valence-electron chi connectivity index (χ4n) is 3.93. The molecule has 0 aliphatic rings. The maximum absolute atomic E-state index is 11.8. The van der Waals surface area contributed by atoms with Gasteiger partial charge in [0.25, 0.3) is 0 Å². The lowest BCUT2D eigenvalue weighted by molar-refractivity contribution is -0.115. The van der Waals surface area contributed by atoms with Crippen molar-refractivity contribution in [2.75, 3.05) is 5.32 Å². The van der Waals surface area contributed by atoms with Gasteiger partial charge in [0.15, 0.2) is 11.5 Å². The molecule has 6 rings (SSSR count). The summed E-state index contributed by atoms with van der Waals surface area (Å²) in [5.74, 6) is 0.510. The number of rotatable bonds is 5. The van der Waals surface area contributed by atoms with E-state index >= 15 is 0 Å². The van der Waals surface area contributed by atoms with Crippen molar-refractivity contribution < 1.29 is 4.79 Å². The van der Waals surface area contributed by atoms with E-state index in [9.17, 15) is 4.79 Å². The molecule has 0 bridgehead atoms. The van der Waals surface area contributed by atoms with Gasteiger partial charge in [0, 0.05) is 36.0 Å². The van der Waals surface area contributed by atoms with Crippen molar-refractivity contribution in [1.29, 1.82) is 0 Å². The topological polar surface area (TPSA) is 143 Å². The van der Waals surface area contributed by atoms with E-state index in [2.05, 4.69) is 40.4 Å². The summed E-state index contributed by atoms with van der Waals surface area (Å²) in [6.45, 7) is 3.74. The van der Waals surface area contributed by atoms with Crippen molar-refractivity contribution in [1.82, 2.24) is 44.7 Å². The first kappa shape index (κ1) is 20.7. The Morgan fingerprint density at radius 3 is 2.89 bits per heavy atom. The molecule has 6 aromatic heterocycles. The second-order valence-corrected chi connectivity index (χ2v) is 8.09. The van der Waals surface area contributed by atoms with E-state index in [0.717, 1.165) is 33.4 Å². The smallest absolute Gasteiger partial charge is 0.224 e. The minimum absolute atomic E-state index is 0.0757. The number of fused-ring (bicyclic) bond motifs is 2. The first-order chi connectivity index (χ1) is 17.1. The van der Waals surface area contributed by atoms with Crippen LogP contribution >= 0.6 is 0 Å². The van der Waals surface area contributed by atoms with E-state index in [1.165, 1.54) is 0 Å². The molecular weight excluding hydrogens is 444 g/mol. The number of nitrogens with one attached hydrogen (secondary N) is 3. The molecule has 3 N–H and O–H groups in total. The summed E-state index contributed by atoms with van der Waals surface area (Å²) in [6, 6.07) is 5.68. The Morgan fingerprint density at radius 2 is 2.06 bits per heavy atom. The first-order valence-electron chi connectivity index (χ1n) is 11.0. The fourth-order valence-corrected chi connectivity index (χ4v) is 3.93. The van der Waals surface area contributed by atoms with Gasteiger partial charge in [-0.1, -0.05) is 6.92 Å². The van der Waals surface area contributed by atoms with Crippen LogP contribution in [0, 0.1) is 6.92 Å². The zero-order chi connectivity index (χ0) is 23.9. The normalized spacial score (nSPS) is 11.4. The molecule has 0 radical (unpaired) electrons. The zero-order valence-corrected chi connectivity index (χ0v) is 18.9. The molecule has 0 aliphatic carbocycles. The largest absolute Gasteiger partial charge is 0.333 e. The zero-order valence-electron chi connectivity index (χ0n) is 18.9. The number of hydrogen-bond acceptors (Lipinski definition) is 7. The first-order valence-corrected chi connectivity index (χ1v) is 11.0. The Kier molecular flexibility index (Phi) is 4.80. The molecule has 0 spiro atoms. The quantitative estimate of drug-likeness (QED) is 0.352. The number of amides is 1. The summed E-state index contributed by atoms with van der Waals surface area (Å²) < 4.78 is 1.93. The van der Waals surface area contributed by atoms with E-state index in [4.69, 9.17) is 4.98 Å². The molecule has 11 heteroatoms. The summed E-state index contributed by atoms with van der Waals surface area (Å²) in [4.78, 5) is 37.4. The molecule has 0 aromatic carbocycles. The maximum atomic E-state index is 11.8. The number of aromatic nitrogens is 9. The second kappa shape index (κ2) is 8.13. The Morgan fingerprint density at radius 1 is 1.14 bits per heavy atom. The number of aryl methyl sites for hydroxylation is 1. The third-order valence-corrected chi connectivity index (χ3v) is 5.67. The van der Waals surface area contributed by atoms with Crippen LogP contribution in [0.2, 0.25) is 0 Å². The highest BCUT2D eigenvalue weighted by molar-refractivity contribution is 5.95. The van der Waals surface area contributed by atoms with Gasteiger partial charge in [0.2, 0.25) is 5.91 Å².